The van der Waals surface area contributed by atoms with Gasteiger partial charge >= 0.3 is 0 Å². The second kappa shape index (κ2) is 13.0. The molecule has 0 atom stereocenters. The third-order valence-corrected chi connectivity index (χ3v) is 6.57. The van der Waals surface area contributed by atoms with Gasteiger partial charge < -0.3 is 21.3 Å². The minimum atomic E-state index is 0.620. The van der Waals surface area contributed by atoms with Crippen LogP contribution in [0, 0.1) is 13.8 Å². The van der Waals surface area contributed by atoms with Crippen LogP contribution < -0.4 is 21.3 Å². The standard InChI is InChI=1S/C31H32N4S2/c1-22-17-26(13-15-28(22)34-30(36)32-20-24-9-5-3-6-10-24)19-27-14-16-29(23(2)18-27)35-31(37)33-21-25-11-7-4-8-12-25/h3-18H,19-21H2,1-2H3,(H2,32,34,36)(H2,33,35,37). The number of hydrogen-bond acceptors (Lipinski definition) is 2. The molecule has 4 N–H and O–H groups in total. The predicted molar refractivity (Wildman–Crippen MR) is 164 cm³/mol. The second-order valence-corrected chi connectivity index (χ2v) is 9.88. The summed E-state index contributed by atoms with van der Waals surface area (Å²) in [6, 6.07) is 33.4. The van der Waals surface area contributed by atoms with Crippen molar-refractivity contribution in [1.29, 1.82) is 0 Å². The van der Waals surface area contributed by atoms with Crippen LogP contribution in [0.5, 0.6) is 0 Å². The Morgan fingerprint density at radius 2 is 0.946 bits per heavy atom. The predicted octanol–water partition coefficient (Wildman–Crippen LogP) is 6.87. The molecule has 0 aliphatic rings. The monoisotopic (exact) mass is 524 g/mol. The minimum Gasteiger partial charge on any atom is -0.358 e. The van der Waals surface area contributed by atoms with Crippen molar-refractivity contribution in [2.75, 3.05) is 10.6 Å². The van der Waals surface area contributed by atoms with Crippen LogP contribution >= 0.6 is 24.4 Å². The summed E-state index contributed by atoms with van der Waals surface area (Å²) in [5.74, 6) is 0. The van der Waals surface area contributed by atoms with Crippen molar-refractivity contribution < 1.29 is 0 Å². The van der Waals surface area contributed by atoms with E-state index in [0.29, 0.717) is 23.3 Å². The van der Waals surface area contributed by atoms with Crippen LogP contribution in [0.1, 0.15) is 33.4 Å². The molecule has 188 valence electrons. The Morgan fingerprint density at radius 1 is 0.541 bits per heavy atom. The van der Waals surface area contributed by atoms with E-state index in [-0.39, 0.29) is 0 Å². The number of hydrogen-bond donors (Lipinski definition) is 4. The molecule has 0 fully saturated rings. The summed E-state index contributed by atoms with van der Waals surface area (Å²) in [5, 5.41) is 14.4. The summed E-state index contributed by atoms with van der Waals surface area (Å²) in [6.07, 6.45) is 0.857. The third kappa shape index (κ3) is 8.13. The van der Waals surface area contributed by atoms with E-state index in [2.05, 4.69) is 95.8 Å². The van der Waals surface area contributed by atoms with E-state index >= 15 is 0 Å². The van der Waals surface area contributed by atoms with Gasteiger partial charge in [0.25, 0.3) is 0 Å². The topological polar surface area (TPSA) is 48.1 Å². The highest BCUT2D eigenvalue weighted by Gasteiger charge is 2.07. The maximum absolute atomic E-state index is 5.49. The van der Waals surface area contributed by atoms with Gasteiger partial charge in [-0.2, -0.15) is 0 Å². The van der Waals surface area contributed by atoms with Crippen LogP contribution in [-0.2, 0) is 19.5 Å². The molecule has 4 nitrogen and oxygen atoms in total. The van der Waals surface area contributed by atoms with Gasteiger partial charge in [0.15, 0.2) is 10.2 Å². The molecule has 37 heavy (non-hydrogen) atoms. The molecule has 4 aromatic carbocycles. The zero-order chi connectivity index (χ0) is 26.0. The summed E-state index contributed by atoms with van der Waals surface area (Å²) in [5.41, 5.74) is 9.25. The van der Waals surface area contributed by atoms with E-state index in [1.54, 1.807) is 0 Å². The molecule has 0 saturated heterocycles. The quantitative estimate of drug-likeness (QED) is 0.189. The Balaban J connectivity index is 1.29. The zero-order valence-corrected chi connectivity index (χ0v) is 22.8. The van der Waals surface area contributed by atoms with Gasteiger partial charge in [-0.05, 0) is 90.2 Å². The fourth-order valence-corrected chi connectivity index (χ4v) is 4.44. The highest BCUT2D eigenvalue weighted by Crippen LogP contribution is 2.22. The van der Waals surface area contributed by atoms with Crippen LogP contribution in [0.4, 0.5) is 11.4 Å². The summed E-state index contributed by atoms with van der Waals surface area (Å²) in [4.78, 5) is 0. The van der Waals surface area contributed by atoms with Gasteiger partial charge in [-0.15, -0.1) is 0 Å². The summed E-state index contributed by atoms with van der Waals surface area (Å²) in [6.45, 7) is 5.60. The average Bonchev–Trinajstić information content (AvgIpc) is 2.91. The molecular formula is C31H32N4S2. The number of anilines is 2. The molecule has 0 amide bonds. The van der Waals surface area contributed by atoms with Crippen LogP contribution in [0.3, 0.4) is 0 Å². The van der Waals surface area contributed by atoms with E-state index in [9.17, 15) is 0 Å². The normalized spacial score (nSPS) is 10.4. The fraction of sp³-hybridized carbons (Fsp3) is 0.161. The molecule has 0 saturated carbocycles. The van der Waals surface area contributed by atoms with E-state index in [4.69, 9.17) is 24.4 Å². The molecular weight excluding hydrogens is 493 g/mol. The molecule has 0 heterocycles. The Morgan fingerprint density at radius 3 is 1.32 bits per heavy atom. The summed E-state index contributed by atoms with van der Waals surface area (Å²) >= 11 is 11.0. The van der Waals surface area contributed by atoms with Crippen LogP contribution in [0.25, 0.3) is 0 Å². The Hall–Kier alpha value is -3.74. The first-order valence-corrected chi connectivity index (χ1v) is 13.1. The first kappa shape index (κ1) is 26.3. The first-order chi connectivity index (χ1) is 18.0. The molecule has 0 aliphatic heterocycles. The smallest absolute Gasteiger partial charge is 0.171 e. The van der Waals surface area contributed by atoms with Crippen molar-refractivity contribution in [3.63, 3.8) is 0 Å². The van der Waals surface area contributed by atoms with Crippen LogP contribution in [0.2, 0.25) is 0 Å². The maximum Gasteiger partial charge on any atom is 0.171 e. The number of rotatable bonds is 8. The van der Waals surface area contributed by atoms with E-state index in [0.717, 1.165) is 28.9 Å². The molecule has 0 bridgehead atoms. The van der Waals surface area contributed by atoms with Crippen LogP contribution in [0.15, 0.2) is 97.1 Å². The molecule has 0 aliphatic carbocycles. The van der Waals surface area contributed by atoms with Crippen molar-refractivity contribution in [2.45, 2.75) is 33.4 Å². The van der Waals surface area contributed by atoms with Gasteiger partial charge in [0.1, 0.15) is 0 Å². The highest BCUT2D eigenvalue weighted by molar-refractivity contribution is 7.80. The molecule has 6 heteroatoms. The van der Waals surface area contributed by atoms with Gasteiger partial charge in [-0.25, -0.2) is 0 Å². The van der Waals surface area contributed by atoms with Gasteiger partial charge in [0.05, 0.1) is 0 Å². The number of thiocarbonyl (C=S) groups is 2. The van der Waals surface area contributed by atoms with Gasteiger partial charge in [-0.3, -0.25) is 0 Å². The van der Waals surface area contributed by atoms with Crippen molar-refractivity contribution in [3.8, 4) is 0 Å². The third-order valence-electron chi connectivity index (χ3n) is 6.08. The molecule has 0 aromatic heterocycles. The first-order valence-electron chi connectivity index (χ1n) is 12.3. The Bertz CT molecular complexity index is 1250. The average molecular weight is 525 g/mol. The van der Waals surface area contributed by atoms with Crippen molar-refractivity contribution >= 4 is 46.0 Å². The highest BCUT2D eigenvalue weighted by atomic mass is 32.1. The van der Waals surface area contributed by atoms with Gasteiger partial charge in [0.2, 0.25) is 0 Å². The number of nitrogens with one attached hydrogen (secondary N) is 4. The zero-order valence-electron chi connectivity index (χ0n) is 21.2. The largest absolute Gasteiger partial charge is 0.358 e. The van der Waals surface area contributed by atoms with E-state index < -0.39 is 0 Å². The minimum absolute atomic E-state index is 0.620. The van der Waals surface area contributed by atoms with Gasteiger partial charge in [0, 0.05) is 24.5 Å². The molecule has 0 spiro atoms. The Labute approximate surface area is 230 Å². The van der Waals surface area contributed by atoms with Crippen LogP contribution in [-0.4, -0.2) is 10.2 Å². The molecule has 0 radical (unpaired) electrons. The van der Waals surface area contributed by atoms with E-state index in [1.165, 1.54) is 22.3 Å². The molecule has 4 aromatic rings. The SMILES string of the molecule is Cc1cc(Cc2ccc(NC(=S)NCc3ccccc3)c(C)c2)ccc1NC(=S)NCc1ccccc1. The molecule has 0 unspecified atom stereocenters. The second-order valence-electron chi connectivity index (χ2n) is 9.06. The molecule has 4 rings (SSSR count). The van der Waals surface area contributed by atoms with Crippen molar-refractivity contribution in [2.24, 2.45) is 0 Å². The summed E-state index contributed by atoms with van der Waals surface area (Å²) in [7, 11) is 0. The lowest BCUT2D eigenvalue weighted by atomic mass is 10.00. The maximum atomic E-state index is 5.49. The fourth-order valence-electron chi connectivity index (χ4n) is 4.08. The van der Waals surface area contributed by atoms with E-state index in [1.807, 2.05) is 36.4 Å². The lowest BCUT2D eigenvalue weighted by Crippen LogP contribution is -2.28. The number of aryl methyl sites for hydroxylation is 2. The van der Waals surface area contributed by atoms with Gasteiger partial charge in [-0.1, -0.05) is 84.9 Å². The Kier molecular flexibility index (Phi) is 9.24. The van der Waals surface area contributed by atoms with Crippen molar-refractivity contribution in [3.05, 3.63) is 130 Å². The van der Waals surface area contributed by atoms with Crippen molar-refractivity contribution in [1.82, 2.24) is 10.6 Å². The summed E-state index contributed by atoms with van der Waals surface area (Å²) < 4.78 is 0. The lowest BCUT2D eigenvalue weighted by Gasteiger charge is -2.15. The number of benzene rings is 4. The lowest BCUT2D eigenvalue weighted by molar-refractivity contribution is 0.925.